The molecule has 136 valence electrons. The summed E-state index contributed by atoms with van der Waals surface area (Å²) < 4.78 is 15.1. The first-order valence-corrected chi connectivity index (χ1v) is 8.93. The number of aromatic nitrogens is 2. The normalized spacial score (nSPS) is 11.0. The number of rotatable bonds is 5. The van der Waals surface area contributed by atoms with E-state index in [1.807, 2.05) is 28.8 Å². The summed E-state index contributed by atoms with van der Waals surface area (Å²) in [7, 11) is 0. The molecule has 0 saturated heterocycles. The number of hydrogen-bond acceptors (Lipinski definition) is 3. The molecule has 0 unspecified atom stereocenters. The standard InChI is InChI=1S/C22H20FN3O/c1-2-15-11-12-26-20(13-15)25-21(18-5-3-4-6-19(18)27)22(26)24-14-16-7-9-17(23)10-8-16/h3-13,24,27H,2,14H2,1H3. The van der Waals surface area contributed by atoms with Crippen LogP contribution in [0.1, 0.15) is 18.1 Å². The molecule has 2 aromatic carbocycles. The zero-order valence-corrected chi connectivity index (χ0v) is 15.0. The Balaban J connectivity index is 1.79. The van der Waals surface area contributed by atoms with Crippen LogP contribution in [0.2, 0.25) is 0 Å². The fourth-order valence-electron chi connectivity index (χ4n) is 3.13. The second-order valence-corrected chi connectivity index (χ2v) is 6.42. The lowest BCUT2D eigenvalue weighted by molar-refractivity contribution is 0.477. The summed E-state index contributed by atoms with van der Waals surface area (Å²) in [4.78, 5) is 4.76. The molecule has 4 nitrogen and oxygen atoms in total. The van der Waals surface area contributed by atoms with Gasteiger partial charge in [0.1, 0.15) is 28.7 Å². The predicted molar refractivity (Wildman–Crippen MR) is 105 cm³/mol. The maximum Gasteiger partial charge on any atom is 0.139 e. The van der Waals surface area contributed by atoms with Crippen LogP contribution < -0.4 is 5.32 Å². The fraction of sp³-hybridized carbons (Fsp3) is 0.136. The molecule has 0 aliphatic carbocycles. The van der Waals surface area contributed by atoms with Crippen LogP contribution in [0.25, 0.3) is 16.9 Å². The minimum absolute atomic E-state index is 0.182. The van der Waals surface area contributed by atoms with E-state index >= 15 is 0 Å². The largest absolute Gasteiger partial charge is 0.507 e. The van der Waals surface area contributed by atoms with E-state index in [2.05, 4.69) is 18.3 Å². The highest BCUT2D eigenvalue weighted by Crippen LogP contribution is 2.34. The van der Waals surface area contributed by atoms with E-state index in [9.17, 15) is 9.50 Å². The summed E-state index contributed by atoms with van der Waals surface area (Å²) in [5, 5.41) is 13.7. The number of aromatic hydroxyl groups is 1. The van der Waals surface area contributed by atoms with Crippen molar-refractivity contribution < 1.29 is 9.50 Å². The van der Waals surface area contributed by atoms with Crippen LogP contribution in [-0.2, 0) is 13.0 Å². The van der Waals surface area contributed by atoms with Gasteiger partial charge in [-0.1, -0.05) is 31.2 Å². The number of phenols is 1. The molecule has 4 rings (SSSR count). The number of nitrogens with one attached hydrogen (secondary N) is 1. The Morgan fingerprint density at radius 3 is 2.56 bits per heavy atom. The molecule has 0 amide bonds. The number of halogens is 1. The highest BCUT2D eigenvalue weighted by atomic mass is 19.1. The molecule has 0 saturated carbocycles. The van der Waals surface area contributed by atoms with E-state index in [1.54, 1.807) is 24.3 Å². The number of fused-ring (bicyclic) bond motifs is 1. The molecule has 2 N–H and O–H groups in total. The lowest BCUT2D eigenvalue weighted by Gasteiger charge is -2.10. The van der Waals surface area contributed by atoms with Crippen LogP contribution in [0.3, 0.4) is 0 Å². The molecular weight excluding hydrogens is 341 g/mol. The van der Waals surface area contributed by atoms with Gasteiger partial charge in [0, 0.05) is 18.3 Å². The first kappa shape index (κ1) is 17.1. The van der Waals surface area contributed by atoms with Gasteiger partial charge in [-0.15, -0.1) is 0 Å². The van der Waals surface area contributed by atoms with Crippen molar-refractivity contribution in [3.8, 4) is 17.0 Å². The van der Waals surface area contributed by atoms with Crippen molar-refractivity contribution in [2.45, 2.75) is 19.9 Å². The van der Waals surface area contributed by atoms with E-state index in [-0.39, 0.29) is 11.6 Å². The first-order chi connectivity index (χ1) is 13.2. The third-order valence-corrected chi connectivity index (χ3v) is 4.63. The average molecular weight is 361 g/mol. The van der Waals surface area contributed by atoms with Gasteiger partial charge in [-0.05, 0) is 53.9 Å². The number of anilines is 1. The Morgan fingerprint density at radius 2 is 1.81 bits per heavy atom. The van der Waals surface area contributed by atoms with Crippen molar-refractivity contribution in [2.24, 2.45) is 0 Å². The number of pyridine rings is 1. The Bertz CT molecular complexity index is 1090. The third kappa shape index (κ3) is 3.36. The Morgan fingerprint density at radius 1 is 1.04 bits per heavy atom. The lowest BCUT2D eigenvalue weighted by Crippen LogP contribution is -2.03. The van der Waals surface area contributed by atoms with Gasteiger partial charge in [0.2, 0.25) is 0 Å². The van der Waals surface area contributed by atoms with Gasteiger partial charge < -0.3 is 10.4 Å². The summed E-state index contributed by atoms with van der Waals surface area (Å²) in [6, 6.07) is 17.7. The zero-order valence-electron chi connectivity index (χ0n) is 15.0. The number of para-hydroxylation sites is 1. The van der Waals surface area contributed by atoms with Gasteiger partial charge in [0.25, 0.3) is 0 Å². The number of phenolic OH excluding ortho intramolecular Hbond substituents is 1. The highest BCUT2D eigenvalue weighted by Gasteiger charge is 2.16. The SMILES string of the molecule is CCc1ccn2c(NCc3ccc(F)cc3)c(-c3ccccc3O)nc2c1. The molecule has 0 radical (unpaired) electrons. The van der Waals surface area contributed by atoms with E-state index in [0.717, 1.165) is 23.4 Å². The molecule has 0 fully saturated rings. The Hall–Kier alpha value is -3.34. The van der Waals surface area contributed by atoms with Crippen molar-refractivity contribution >= 4 is 11.5 Å². The fourth-order valence-corrected chi connectivity index (χ4v) is 3.13. The monoisotopic (exact) mass is 361 g/mol. The quantitative estimate of drug-likeness (QED) is 0.525. The third-order valence-electron chi connectivity index (χ3n) is 4.63. The number of benzene rings is 2. The topological polar surface area (TPSA) is 49.6 Å². The van der Waals surface area contributed by atoms with Crippen LogP contribution >= 0.6 is 0 Å². The summed E-state index contributed by atoms with van der Waals surface area (Å²) in [6.07, 6.45) is 2.91. The second-order valence-electron chi connectivity index (χ2n) is 6.42. The van der Waals surface area contributed by atoms with E-state index < -0.39 is 0 Å². The summed E-state index contributed by atoms with van der Waals surface area (Å²) in [6.45, 7) is 2.62. The van der Waals surface area contributed by atoms with Gasteiger partial charge in [0.15, 0.2) is 0 Å². The summed E-state index contributed by atoms with van der Waals surface area (Å²) in [5.41, 5.74) is 4.32. The van der Waals surface area contributed by atoms with Gasteiger partial charge in [-0.3, -0.25) is 4.40 Å². The molecule has 2 aromatic heterocycles. The maximum atomic E-state index is 13.1. The first-order valence-electron chi connectivity index (χ1n) is 8.93. The number of imidazole rings is 1. The van der Waals surface area contributed by atoms with Crippen LogP contribution in [0, 0.1) is 5.82 Å². The minimum Gasteiger partial charge on any atom is -0.507 e. The molecule has 0 aliphatic rings. The molecule has 0 bridgehead atoms. The Labute approximate surface area is 156 Å². The minimum atomic E-state index is -0.254. The smallest absolute Gasteiger partial charge is 0.139 e. The number of aryl methyl sites for hydroxylation is 1. The molecule has 4 aromatic rings. The lowest BCUT2D eigenvalue weighted by atomic mass is 10.1. The van der Waals surface area contributed by atoms with Crippen molar-refractivity contribution in [1.29, 1.82) is 0 Å². The van der Waals surface area contributed by atoms with E-state index in [0.29, 0.717) is 17.8 Å². The summed E-state index contributed by atoms with van der Waals surface area (Å²) >= 11 is 0. The molecule has 0 spiro atoms. The van der Waals surface area contributed by atoms with Crippen LogP contribution in [0.5, 0.6) is 5.75 Å². The second kappa shape index (κ2) is 7.11. The molecular formula is C22H20FN3O. The van der Waals surface area contributed by atoms with Gasteiger partial charge in [-0.2, -0.15) is 0 Å². The molecule has 2 heterocycles. The molecule has 0 atom stereocenters. The molecule has 27 heavy (non-hydrogen) atoms. The number of nitrogens with zero attached hydrogens (tertiary/aromatic N) is 2. The maximum absolute atomic E-state index is 13.1. The van der Waals surface area contributed by atoms with E-state index in [1.165, 1.54) is 17.7 Å². The molecule has 5 heteroatoms. The van der Waals surface area contributed by atoms with E-state index in [4.69, 9.17) is 4.98 Å². The van der Waals surface area contributed by atoms with Crippen LogP contribution in [0.4, 0.5) is 10.2 Å². The average Bonchev–Trinajstić information content (AvgIpc) is 3.05. The van der Waals surface area contributed by atoms with Crippen molar-refractivity contribution in [3.63, 3.8) is 0 Å². The Kier molecular flexibility index (Phi) is 4.50. The van der Waals surface area contributed by atoms with Crippen molar-refractivity contribution in [2.75, 3.05) is 5.32 Å². The van der Waals surface area contributed by atoms with Gasteiger partial charge in [0.05, 0.1) is 0 Å². The van der Waals surface area contributed by atoms with Crippen LogP contribution in [-0.4, -0.2) is 14.5 Å². The van der Waals surface area contributed by atoms with Crippen molar-refractivity contribution in [1.82, 2.24) is 9.38 Å². The highest BCUT2D eigenvalue weighted by molar-refractivity contribution is 5.80. The molecule has 0 aliphatic heterocycles. The summed E-state index contributed by atoms with van der Waals surface area (Å²) in [5.74, 6) is 0.718. The zero-order chi connectivity index (χ0) is 18.8. The number of hydrogen-bond donors (Lipinski definition) is 2. The van der Waals surface area contributed by atoms with Crippen LogP contribution in [0.15, 0.2) is 66.9 Å². The predicted octanol–water partition coefficient (Wildman–Crippen LogP) is 5.02. The van der Waals surface area contributed by atoms with Gasteiger partial charge in [-0.25, -0.2) is 9.37 Å². The van der Waals surface area contributed by atoms with Gasteiger partial charge >= 0.3 is 0 Å². The van der Waals surface area contributed by atoms with Crippen molar-refractivity contribution in [3.05, 3.63) is 83.8 Å².